The lowest BCUT2D eigenvalue weighted by Gasteiger charge is -2.18. The number of imidazole rings is 1. The molecule has 2 amide bonds. The van der Waals surface area contributed by atoms with Crippen LogP contribution in [0.4, 0.5) is 5.69 Å². The first-order chi connectivity index (χ1) is 12.6. The van der Waals surface area contributed by atoms with Gasteiger partial charge < -0.3 is 19.5 Å². The highest BCUT2D eigenvalue weighted by Gasteiger charge is 2.31. The first-order valence-electron chi connectivity index (χ1n) is 8.84. The van der Waals surface area contributed by atoms with E-state index in [-0.39, 0.29) is 17.9 Å². The Hall–Kier alpha value is -2.83. The zero-order valence-corrected chi connectivity index (χ0v) is 15.1. The maximum absolute atomic E-state index is 12.3. The van der Waals surface area contributed by atoms with Crippen molar-refractivity contribution in [2.75, 3.05) is 18.6 Å². The molecule has 0 aliphatic carbocycles. The summed E-state index contributed by atoms with van der Waals surface area (Å²) in [6, 6.07) is 7.21. The zero-order chi connectivity index (χ0) is 18.5. The van der Waals surface area contributed by atoms with E-state index in [1.165, 1.54) is 0 Å². The van der Waals surface area contributed by atoms with Crippen molar-refractivity contribution < 1.29 is 14.3 Å². The minimum atomic E-state index is -0.172. The van der Waals surface area contributed by atoms with E-state index >= 15 is 0 Å². The van der Waals surface area contributed by atoms with Gasteiger partial charge in [0.2, 0.25) is 11.8 Å². The lowest BCUT2D eigenvalue weighted by atomic mass is 10.2. The number of carbonyl (C=O) groups is 2. The summed E-state index contributed by atoms with van der Waals surface area (Å²) in [7, 11) is 1.60. The Kier molecular flexibility index (Phi) is 5.55. The van der Waals surface area contributed by atoms with Crippen molar-refractivity contribution in [3.05, 3.63) is 42.5 Å². The number of nitrogens with zero attached hydrogens (tertiary/aromatic N) is 3. The molecular formula is C19H24N4O3. The standard InChI is InChI=1S/C19H24N4O3/c1-3-17-20-8-10-22(17)9-7-18(24)21-14-11-19(25)23(13-14)15-5-4-6-16(12-15)26-2/h4-6,8,10,12,14H,3,7,9,11,13H2,1-2H3,(H,21,24). The molecule has 1 aliphatic heterocycles. The maximum Gasteiger partial charge on any atom is 0.229 e. The Morgan fingerprint density at radius 3 is 3.04 bits per heavy atom. The number of carbonyl (C=O) groups excluding carboxylic acids is 2. The van der Waals surface area contributed by atoms with Crippen molar-refractivity contribution in [3.63, 3.8) is 0 Å². The highest BCUT2D eigenvalue weighted by Crippen LogP contribution is 2.25. The van der Waals surface area contributed by atoms with E-state index in [1.807, 2.05) is 42.0 Å². The Bertz CT molecular complexity index is 787. The molecule has 7 nitrogen and oxygen atoms in total. The van der Waals surface area contributed by atoms with Crippen LogP contribution in [0.25, 0.3) is 0 Å². The molecule has 0 spiro atoms. The minimum Gasteiger partial charge on any atom is -0.497 e. The normalized spacial score (nSPS) is 16.8. The summed E-state index contributed by atoms with van der Waals surface area (Å²) in [5.74, 6) is 1.63. The van der Waals surface area contributed by atoms with Gasteiger partial charge in [0.1, 0.15) is 11.6 Å². The first kappa shape index (κ1) is 18.0. The summed E-state index contributed by atoms with van der Waals surface area (Å²) in [6.07, 6.45) is 5.15. The second-order valence-electron chi connectivity index (χ2n) is 6.31. The van der Waals surface area contributed by atoms with Gasteiger partial charge in [-0.15, -0.1) is 0 Å². The molecule has 2 heterocycles. The predicted octanol–water partition coefficient (Wildman–Crippen LogP) is 1.77. The fraction of sp³-hybridized carbons (Fsp3) is 0.421. The van der Waals surface area contributed by atoms with Gasteiger partial charge >= 0.3 is 0 Å². The molecule has 26 heavy (non-hydrogen) atoms. The smallest absolute Gasteiger partial charge is 0.229 e. The third-order valence-electron chi connectivity index (χ3n) is 4.55. The third kappa shape index (κ3) is 4.04. The molecule has 1 fully saturated rings. The number of aromatic nitrogens is 2. The topological polar surface area (TPSA) is 76.5 Å². The van der Waals surface area contributed by atoms with Crippen LogP contribution in [0.2, 0.25) is 0 Å². The van der Waals surface area contributed by atoms with Gasteiger partial charge in [0.15, 0.2) is 0 Å². The van der Waals surface area contributed by atoms with Gasteiger partial charge in [-0.05, 0) is 12.1 Å². The van der Waals surface area contributed by atoms with E-state index < -0.39 is 0 Å². The molecule has 2 aromatic rings. The third-order valence-corrected chi connectivity index (χ3v) is 4.55. The molecule has 0 radical (unpaired) electrons. The van der Waals surface area contributed by atoms with Crippen molar-refractivity contribution >= 4 is 17.5 Å². The number of hydrogen-bond donors (Lipinski definition) is 1. The van der Waals surface area contributed by atoms with Gasteiger partial charge in [0.05, 0.1) is 13.2 Å². The fourth-order valence-corrected chi connectivity index (χ4v) is 3.21. The second-order valence-corrected chi connectivity index (χ2v) is 6.31. The Morgan fingerprint density at radius 2 is 2.27 bits per heavy atom. The number of ether oxygens (including phenoxy) is 1. The number of nitrogens with one attached hydrogen (secondary N) is 1. The minimum absolute atomic E-state index is 0.00596. The van der Waals surface area contributed by atoms with E-state index in [0.717, 1.165) is 17.9 Å². The van der Waals surface area contributed by atoms with E-state index in [0.29, 0.717) is 31.7 Å². The van der Waals surface area contributed by atoms with Crippen LogP contribution in [0.15, 0.2) is 36.7 Å². The summed E-state index contributed by atoms with van der Waals surface area (Å²) in [4.78, 5) is 30.5. The van der Waals surface area contributed by atoms with E-state index in [1.54, 1.807) is 18.2 Å². The monoisotopic (exact) mass is 356 g/mol. The molecule has 0 saturated carbocycles. The number of rotatable bonds is 7. The number of amides is 2. The summed E-state index contributed by atoms with van der Waals surface area (Å²) >= 11 is 0. The van der Waals surface area contributed by atoms with Crippen LogP contribution in [-0.4, -0.2) is 41.1 Å². The average Bonchev–Trinajstić information content (AvgIpc) is 3.25. The van der Waals surface area contributed by atoms with Crippen LogP contribution in [0.5, 0.6) is 5.75 Å². The van der Waals surface area contributed by atoms with Gasteiger partial charge in [0.25, 0.3) is 0 Å². The quantitative estimate of drug-likeness (QED) is 0.820. The highest BCUT2D eigenvalue weighted by molar-refractivity contribution is 5.97. The molecule has 1 aliphatic rings. The predicted molar refractivity (Wildman–Crippen MR) is 98.1 cm³/mol. The maximum atomic E-state index is 12.3. The molecule has 1 atom stereocenters. The van der Waals surface area contributed by atoms with Gasteiger partial charge in [-0.1, -0.05) is 13.0 Å². The lowest BCUT2D eigenvalue weighted by Crippen LogP contribution is -2.37. The SMILES string of the molecule is CCc1nccn1CCC(=O)NC1CC(=O)N(c2cccc(OC)c2)C1. The van der Waals surface area contributed by atoms with Crippen LogP contribution in [0.1, 0.15) is 25.6 Å². The number of anilines is 1. The molecule has 1 aromatic heterocycles. The zero-order valence-electron chi connectivity index (χ0n) is 15.1. The summed E-state index contributed by atoms with van der Waals surface area (Å²) in [6.45, 7) is 3.11. The van der Waals surface area contributed by atoms with Crippen LogP contribution in [0, 0.1) is 0 Å². The fourth-order valence-electron chi connectivity index (χ4n) is 3.21. The van der Waals surface area contributed by atoms with Gasteiger partial charge in [-0.25, -0.2) is 4.98 Å². The number of methoxy groups -OCH3 is 1. The van der Waals surface area contributed by atoms with Crippen molar-refractivity contribution in [2.45, 2.75) is 38.8 Å². The second kappa shape index (κ2) is 8.03. The summed E-state index contributed by atoms with van der Waals surface area (Å²) in [5.41, 5.74) is 0.789. The van der Waals surface area contributed by atoms with Gasteiger partial charge in [0, 0.05) is 56.5 Å². The van der Waals surface area contributed by atoms with E-state index in [9.17, 15) is 9.59 Å². The number of hydrogen-bond acceptors (Lipinski definition) is 4. The van der Waals surface area contributed by atoms with Crippen LogP contribution in [0.3, 0.4) is 0 Å². The number of aryl methyl sites for hydroxylation is 2. The summed E-state index contributed by atoms with van der Waals surface area (Å²) < 4.78 is 7.20. The molecular weight excluding hydrogens is 332 g/mol. The Morgan fingerprint density at radius 1 is 1.42 bits per heavy atom. The van der Waals surface area contributed by atoms with Crippen molar-refractivity contribution in [1.29, 1.82) is 0 Å². The van der Waals surface area contributed by atoms with Crippen LogP contribution in [-0.2, 0) is 22.6 Å². The molecule has 138 valence electrons. The molecule has 0 bridgehead atoms. The molecule has 1 N–H and O–H groups in total. The van der Waals surface area contributed by atoms with Gasteiger partial charge in [-0.3, -0.25) is 9.59 Å². The lowest BCUT2D eigenvalue weighted by molar-refractivity contribution is -0.122. The number of benzene rings is 1. The van der Waals surface area contributed by atoms with E-state index in [4.69, 9.17) is 4.74 Å². The average molecular weight is 356 g/mol. The molecule has 1 unspecified atom stereocenters. The van der Waals surface area contributed by atoms with Crippen LogP contribution >= 0.6 is 0 Å². The Balaban J connectivity index is 1.54. The largest absolute Gasteiger partial charge is 0.497 e. The molecule has 3 rings (SSSR count). The van der Waals surface area contributed by atoms with Crippen LogP contribution < -0.4 is 15.0 Å². The summed E-state index contributed by atoms with van der Waals surface area (Å²) in [5, 5.41) is 2.97. The Labute approximate surface area is 153 Å². The first-order valence-corrected chi connectivity index (χ1v) is 8.84. The molecule has 7 heteroatoms. The molecule has 1 saturated heterocycles. The van der Waals surface area contributed by atoms with Crippen molar-refractivity contribution in [2.24, 2.45) is 0 Å². The van der Waals surface area contributed by atoms with Gasteiger partial charge in [-0.2, -0.15) is 0 Å². The highest BCUT2D eigenvalue weighted by atomic mass is 16.5. The van der Waals surface area contributed by atoms with Crippen molar-refractivity contribution in [1.82, 2.24) is 14.9 Å². The van der Waals surface area contributed by atoms with Crippen molar-refractivity contribution in [3.8, 4) is 5.75 Å². The molecule has 1 aromatic carbocycles. The van der Waals surface area contributed by atoms with E-state index in [2.05, 4.69) is 10.3 Å².